The van der Waals surface area contributed by atoms with Crippen molar-refractivity contribution in [3.05, 3.63) is 59.7 Å². The van der Waals surface area contributed by atoms with Crippen molar-refractivity contribution in [1.29, 1.82) is 0 Å². The van der Waals surface area contributed by atoms with Gasteiger partial charge in [-0.2, -0.15) is 0 Å². The molecule has 6 nitrogen and oxygen atoms in total. The highest BCUT2D eigenvalue weighted by Gasteiger charge is 2.23. The minimum atomic E-state index is -3.70. The fourth-order valence-electron chi connectivity index (χ4n) is 4.08. The Kier molecular flexibility index (Phi) is 5.67. The maximum Gasteiger partial charge on any atom is 0.262 e. The summed E-state index contributed by atoms with van der Waals surface area (Å²) in [5, 5.41) is 2.86. The summed E-state index contributed by atoms with van der Waals surface area (Å²) < 4.78 is 27.7. The number of amidine groups is 1. The third-order valence-corrected chi connectivity index (χ3v) is 6.86. The summed E-state index contributed by atoms with van der Waals surface area (Å²) in [6.07, 6.45) is 5.02. The fraction of sp³-hybridized carbons (Fsp3) is 0.364. The molecule has 1 unspecified atom stereocenters. The Hall–Kier alpha value is -2.67. The lowest BCUT2D eigenvalue weighted by atomic mass is 9.81. The van der Waals surface area contributed by atoms with Crippen molar-refractivity contribution in [3.8, 4) is 0 Å². The molecule has 0 bridgehead atoms. The van der Waals surface area contributed by atoms with E-state index in [0.29, 0.717) is 30.9 Å². The van der Waals surface area contributed by atoms with Crippen LogP contribution in [0.1, 0.15) is 49.1 Å². The van der Waals surface area contributed by atoms with Crippen LogP contribution >= 0.6 is 0 Å². The number of sulfonamides is 1. The Balaban J connectivity index is 1.44. The third kappa shape index (κ3) is 4.67. The van der Waals surface area contributed by atoms with E-state index in [0.717, 1.165) is 25.7 Å². The molecule has 0 fully saturated rings. The summed E-state index contributed by atoms with van der Waals surface area (Å²) in [6.45, 7) is 0.651. The highest BCUT2D eigenvalue weighted by molar-refractivity contribution is 7.90. The van der Waals surface area contributed by atoms with E-state index in [2.05, 4.69) is 27.2 Å². The van der Waals surface area contributed by atoms with E-state index in [1.165, 1.54) is 23.3 Å². The van der Waals surface area contributed by atoms with Crippen LogP contribution in [0.2, 0.25) is 0 Å². The predicted octanol–water partition coefficient (Wildman–Crippen LogP) is 3.61. The quantitative estimate of drug-likeness (QED) is 0.788. The Morgan fingerprint density at radius 2 is 1.93 bits per heavy atom. The van der Waals surface area contributed by atoms with Crippen LogP contribution < -0.4 is 10.0 Å². The fourth-order valence-corrected chi connectivity index (χ4v) is 5.21. The van der Waals surface area contributed by atoms with Gasteiger partial charge in [0.25, 0.3) is 10.0 Å². The number of nitrogens with one attached hydrogen (secondary N) is 2. The summed E-state index contributed by atoms with van der Waals surface area (Å²) in [4.78, 5) is 16.9. The molecule has 2 aliphatic rings. The molecule has 1 aliphatic carbocycles. The average molecular weight is 412 g/mol. The minimum absolute atomic E-state index is 0.102. The van der Waals surface area contributed by atoms with Crippen molar-refractivity contribution < 1.29 is 13.2 Å². The standard InChI is InChI=1S/C22H25N3O3S/c26-22(14-17-8-3-7-16-6-1-2-11-20(16)17)24-18-9-4-10-19(15-18)29(27,28)25-21-12-5-13-23-21/h1-2,4,6,9-11,15,17H,3,5,7-8,12-14H2,(H,23,25)(H,24,26). The molecule has 1 aliphatic heterocycles. The summed E-state index contributed by atoms with van der Waals surface area (Å²) >= 11 is 0. The van der Waals surface area contributed by atoms with E-state index in [1.54, 1.807) is 12.1 Å². The molecule has 0 spiro atoms. The maximum atomic E-state index is 12.6. The number of nitrogens with zero attached hydrogens (tertiary/aromatic N) is 1. The minimum Gasteiger partial charge on any atom is -0.326 e. The van der Waals surface area contributed by atoms with Gasteiger partial charge in [-0.1, -0.05) is 30.3 Å². The van der Waals surface area contributed by atoms with Crippen LogP contribution in [0, 0.1) is 0 Å². The van der Waals surface area contributed by atoms with Gasteiger partial charge in [0, 0.05) is 25.1 Å². The molecular formula is C22H25N3O3S. The number of rotatable bonds is 5. The number of fused-ring (bicyclic) bond motifs is 1. The summed E-state index contributed by atoms with van der Waals surface area (Å²) in [6, 6.07) is 14.7. The van der Waals surface area contributed by atoms with Gasteiger partial charge in [-0.25, -0.2) is 8.42 Å². The molecule has 2 N–H and O–H groups in total. The highest BCUT2D eigenvalue weighted by atomic mass is 32.2. The molecule has 1 heterocycles. The first-order valence-electron chi connectivity index (χ1n) is 10.1. The second kappa shape index (κ2) is 8.37. The smallest absolute Gasteiger partial charge is 0.262 e. The molecule has 0 radical (unpaired) electrons. The van der Waals surface area contributed by atoms with Gasteiger partial charge in [-0.05, 0) is 60.9 Å². The molecule has 4 rings (SSSR count). The van der Waals surface area contributed by atoms with Gasteiger partial charge in [0.15, 0.2) is 0 Å². The summed E-state index contributed by atoms with van der Waals surface area (Å²) in [5.74, 6) is 0.596. The van der Waals surface area contributed by atoms with Gasteiger partial charge in [-0.15, -0.1) is 0 Å². The number of aliphatic imine (C=N–C) groups is 1. The Bertz CT molecular complexity index is 1050. The first kappa shape index (κ1) is 19.6. The van der Waals surface area contributed by atoms with Gasteiger partial charge >= 0.3 is 0 Å². The lowest BCUT2D eigenvalue weighted by Crippen LogP contribution is -2.29. The van der Waals surface area contributed by atoms with Crippen LogP contribution in [0.15, 0.2) is 58.4 Å². The molecule has 29 heavy (non-hydrogen) atoms. The molecular weight excluding hydrogens is 386 g/mol. The highest BCUT2D eigenvalue weighted by Crippen LogP contribution is 2.34. The van der Waals surface area contributed by atoms with E-state index in [-0.39, 0.29) is 16.7 Å². The number of carbonyl (C=O) groups excluding carboxylic acids is 1. The van der Waals surface area contributed by atoms with Crippen molar-refractivity contribution in [2.45, 2.75) is 49.3 Å². The third-order valence-electron chi connectivity index (χ3n) is 5.48. The van der Waals surface area contributed by atoms with Crippen LogP contribution in [0.5, 0.6) is 0 Å². The number of benzene rings is 2. The van der Waals surface area contributed by atoms with Crippen LogP contribution in [-0.4, -0.2) is 26.7 Å². The second-order valence-corrected chi connectivity index (χ2v) is 9.29. The predicted molar refractivity (Wildman–Crippen MR) is 114 cm³/mol. The molecule has 0 aromatic heterocycles. The van der Waals surface area contributed by atoms with Crippen molar-refractivity contribution >= 4 is 27.5 Å². The number of carbonyl (C=O) groups is 1. The van der Waals surface area contributed by atoms with Gasteiger partial charge in [0.2, 0.25) is 5.91 Å². The lowest BCUT2D eigenvalue weighted by molar-refractivity contribution is -0.116. The monoisotopic (exact) mass is 411 g/mol. The zero-order valence-electron chi connectivity index (χ0n) is 16.2. The molecule has 152 valence electrons. The molecule has 0 saturated carbocycles. The van der Waals surface area contributed by atoms with E-state index in [4.69, 9.17) is 0 Å². The largest absolute Gasteiger partial charge is 0.326 e. The SMILES string of the molecule is O=C(CC1CCCc2ccccc21)Nc1cccc(S(=O)(=O)NC2=NCCC2)c1. The normalized spacial score (nSPS) is 18.6. The zero-order valence-corrected chi connectivity index (χ0v) is 17.0. The van der Waals surface area contributed by atoms with Crippen molar-refractivity contribution in [3.63, 3.8) is 0 Å². The van der Waals surface area contributed by atoms with Crippen LogP contribution in [0.4, 0.5) is 5.69 Å². The van der Waals surface area contributed by atoms with Crippen LogP contribution in [-0.2, 0) is 21.2 Å². The molecule has 7 heteroatoms. The van der Waals surface area contributed by atoms with Crippen LogP contribution in [0.25, 0.3) is 0 Å². The van der Waals surface area contributed by atoms with Crippen molar-refractivity contribution in [1.82, 2.24) is 4.72 Å². The summed E-state index contributed by atoms with van der Waals surface area (Å²) in [5.41, 5.74) is 3.06. The number of aryl methyl sites for hydroxylation is 1. The first-order chi connectivity index (χ1) is 14.0. The number of anilines is 1. The van der Waals surface area contributed by atoms with Gasteiger partial charge in [0.05, 0.1) is 4.90 Å². The Labute approximate surface area is 171 Å². The average Bonchev–Trinajstić information content (AvgIpc) is 3.21. The zero-order chi connectivity index (χ0) is 20.3. The van der Waals surface area contributed by atoms with Gasteiger partial charge in [0.1, 0.15) is 5.84 Å². The molecule has 2 aromatic carbocycles. The Morgan fingerprint density at radius 1 is 1.07 bits per heavy atom. The lowest BCUT2D eigenvalue weighted by Gasteiger charge is -2.25. The second-order valence-electron chi connectivity index (χ2n) is 7.61. The number of hydrogen-bond acceptors (Lipinski definition) is 4. The first-order valence-corrected chi connectivity index (χ1v) is 11.5. The van der Waals surface area contributed by atoms with E-state index in [9.17, 15) is 13.2 Å². The molecule has 2 aromatic rings. The van der Waals surface area contributed by atoms with Gasteiger partial charge < -0.3 is 5.32 Å². The molecule has 1 atom stereocenters. The van der Waals surface area contributed by atoms with Crippen molar-refractivity contribution in [2.75, 3.05) is 11.9 Å². The summed E-state index contributed by atoms with van der Waals surface area (Å²) in [7, 11) is -3.70. The molecule has 1 amide bonds. The Morgan fingerprint density at radius 3 is 2.76 bits per heavy atom. The maximum absolute atomic E-state index is 12.6. The number of amides is 1. The van der Waals surface area contributed by atoms with E-state index < -0.39 is 10.0 Å². The van der Waals surface area contributed by atoms with Gasteiger partial charge in [-0.3, -0.25) is 14.5 Å². The topological polar surface area (TPSA) is 87.6 Å². The molecule has 0 saturated heterocycles. The van der Waals surface area contributed by atoms with E-state index >= 15 is 0 Å². The number of hydrogen-bond donors (Lipinski definition) is 2. The van der Waals surface area contributed by atoms with E-state index in [1.807, 2.05) is 12.1 Å². The van der Waals surface area contributed by atoms with Crippen molar-refractivity contribution in [2.24, 2.45) is 4.99 Å². The van der Waals surface area contributed by atoms with Crippen LogP contribution in [0.3, 0.4) is 0 Å².